The van der Waals surface area contributed by atoms with Crippen molar-refractivity contribution in [3.05, 3.63) is 29.8 Å². The summed E-state index contributed by atoms with van der Waals surface area (Å²) in [6, 6.07) is 8.84. The van der Waals surface area contributed by atoms with Gasteiger partial charge in [-0.25, -0.2) is 0 Å². The molecule has 0 spiro atoms. The minimum Gasteiger partial charge on any atom is -0.385 e. The lowest BCUT2D eigenvalue weighted by atomic mass is 10.1. The van der Waals surface area contributed by atoms with E-state index >= 15 is 0 Å². The number of ether oxygens (including phenoxy) is 1. The van der Waals surface area contributed by atoms with Crippen molar-refractivity contribution >= 4 is 5.69 Å². The smallest absolute Gasteiger partial charge is 0.0576 e. The quantitative estimate of drug-likeness (QED) is 0.735. The highest BCUT2D eigenvalue weighted by Gasteiger charge is 2.14. The summed E-state index contributed by atoms with van der Waals surface area (Å²) in [5.74, 6) is 0. The topological polar surface area (TPSA) is 21.3 Å². The first-order valence-electron chi connectivity index (χ1n) is 7.33. The Labute approximate surface area is 111 Å². The molecule has 1 heterocycles. The molecule has 1 aliphatic rings. The molecule has 0 amide bonds. The third-order valence-corrected chi connectivity index (χ3v) is 3.55. The monoisotopic (exact) mass is 247 g/mol. The molecule has 2 rings (SSSR count). The summed E-state index contributed by atoms with van der Waals surface area (Å²) in [5, 5.41) is 3.48. The van der Waals surface area contributed by atoms with Crippen molar-refractivity contribution in [2.75, 3.05) is 18.5 Å². The van der Waals surface area contributed by atoms with Crippen molar-refractivity contribution in [2.24, 2.45) is 0 Å². The van der Waals surface area contributed by atoms with Gasteiger partial charge in [-0.3, -0.25) is 0 Å². The Morgan fingerprint density at radius 2 is 2.11 bits per heavy atom. The Morgan fingerprint density at radius 1 is 1.28 bits per heavy atom. The summed E-state index contributed by atoms with van der Waals surface area (Å²) in [6.07, 6.45) is 7.82. The molecule has 1 unspecified atom stereocenters. The van der Waals surface area contributed by atoms with E-state index < -0.39 is 0 Å². The first-order valence-corrected chi connectivity index (χ1v) is 7.33. The van der Waals surface area contributed by atoms with Crippen molar-refractivity contribution in [2.45, 2.75) is 51.6 Å². The SMILES string of the molecule is CCCc1ccc(NCCCC2CCCO2)cc1. The maximum absolute atomic E-state index is 5.62. The molecule has 0 radical (unpaired) electrons. The molecule has 2 nitrogen and oxygen atoms in total. The molecule has 1 aliphatic heterocycles. The van der Waals surface area contributed by atoms with E-state index in [1.54, 1.807) is 0 Å². The predicted octanol–water partition coefficient (Wildman–Crippen LogP) is 4.01. The van der Waals surface area contributed by atoms with E-state index in [9.17, 15) is 0 Å². The average molecular weight is 247 g/mol. The Bertz CT molecular complexity index is 327. The van der Waals surface area contributed by atoms with Crippen LogP contribution in [0.25, 0.3) is 0 Å². The van der Waals surface area contributed by atoms with Crippen LogP contribution in [-0.2, 0) is 11.2 Å². The van der Waals surface area contributed by atoms with Crippen LogP contribution in [0.15, 0.2) is 24.3 Å². The zero-order valence-electron chi connectivity index (χ0n) is 11.5. The fourth-order valence-electron chi connectivity index (χ4n) is 2.51. The van der Waals surface area contributed by atoms with E-state index in [0.29, 0.717) is 6.10 Å². The maximum Gasteiger partial charge on any atom is 0.0576 e. The van der Waals surface area contributed by atoms with Gasteiger partial charge in [0.1, 0.15) is 0 Å². The van der Waals surface area contributed by atoms with Gasteiger partial charge in [0.2, 0.25) is 0 Å². The second-order valence-electron chi connectivity index (χ2n) is 5.15. The number of anilines is 1. The summed E-state index contributed by atoms with van der Waals surface area (Å²) < 4.78 is 5.62. The second kappa shape index (κ2) is 7.42. The molecular formula is C16H25NO. The molecule has 100 valence electrons. The minimum absolute atomic E-state index is 0.527. The zero-order valence-corrected chi connectivity index (χ0v) is 11.5. The fourth-order valence-corrected chi connectivity index (χ4v) is 2.51. The number of nitrogens with one attached hydrogen (secondary N) is 1. The van der Waals surface area contributed by atoms with E-state index in [1.165, 1.54) is 49.8 Å². The maximum atomic E-state index is 5.62. The van der Waals surface area contributed by atoms with Crippen molar-refractivity contribution in [1.29, 1.82) is 0 Å². The van der Waals surface area contributed by atoms with Crippen LogP contribution in [0.1, 0.15) is 44.6 Å². The van der Waals surface area contributed by atoms with Crippen LogP contribution in [0.5, 0.6) is 0 Å². The lowest BCUT2D eigenvalue weighted by molar-refractivity contribution is 0.103. The van der Waals surface area contributed by atoms with Gasteiger partial charge >= 0.3 is 0 Å². The van der Waals surface area contributed by atoms with Crippen LogP contribution in [0, 0.1) is 0 Å². The van der Waals surface area contributed by atoms with Gasteiger partial charge < -0.3 is 10.1 Å². The molecule has 1 N–H and O–H groups in total. The highest BCUT2D eigenvalue weighted by Crippen LogP contribution is 2.17. The van der Waals surface area contributed by atoms with Crippen molar-refractivity contribution in [3.8, 4) is 0 Å². The van der Waals surface area contributed by atoms with E-state index in [4.69, 9.17) is 4.74 Å². The fraction of sp³-hybridized carbons (Fsp3) is 0.625. The Balaban J connectivity index is 1.63. The predicted molar refractivity (Wildman–Crippen MR) is 77.1 cm³/mol. The van der Waals surface area contributed by atoms with Gasteiger partial charge in [-0.1, -0.05) is 25.5 Å². The van der Waals surface area contributed by atoms with Gasteiger partial charge in [0.15, 0.2) is 0 Å². The van der Waals surface area contributed by atoms with Crippen LogP contribution in [0.3, 0.4) is 0 Å². The van der Waals surface area contributed by atoms with Gasteiger partial charge in [0.05, 0.1) is 6.10 Å². The van der Waals surface area contributed by atoms with Gasteiger partial charge in [-0.15, -0.1) is 0 Å². The lowest BCUT2D eigenvalue weighted by Gasteiger charge is -2.10. The van der Waals surface area contributed by atoms with E-state index in [1.807, 2.05) is 0 Å². The van der Waals surface area contributed by atoms with Crippen LogP contribution in [0.4, 0.5) is 5.69 Å². The summed E-state index contributed by atoms with van der Waals surface area (Å²) in [7, 11) is 0. The molecule has 1 fully saturated rings. The molecule has 0 saturated carbocycles. The summed E-state index contributed by atoms with van der Waals surface area (Å²) in [6.45, 7) is 4.24. The standard InChI is InChI=1S/C16H25NO/c1-2-5-14-8-10-15(11-9-14)17-12-3-6-16-7-4-13-18-16/h8-11,16-17H,2-7,12-13H2,1H3. The Morgan fingerprint density at radius 3 is 2.78 bits per heavy atom. The largest absolute Gasteiger partial charge is 0.385 e. The van der Waals surface area contributed by atoms with Gasteiger partial charge in [-0.05, 0) is 49.8 Å². The van der Waals surface area contributed by atoms with Gasteiger partial charge in [-0.2, -0.15) is 0 Å². The number of hydrogen-bond acceptors (Lipinski definition) is 2. The third-order valence-electron chi connectivity index (χ3n) is 3.55. The molecule has 1 atom stereocenters. The normalized spacial score (nSPS) is 19.1. The van der Waals surface area contributed by atoms with Gasteiger partial charge in [0, 0.05) is 18.8 Å². The average Bonchev–Trinajstić information content (AvgIpc) is 2.90. The molecule has 1 aromatic carbocycles. The first kappa shape index (κ1) is 13.4. The van der Waals surface area contributed by atoms with Crippen molar-refractivity contribution in [3.63, 3.8) is 0 Å². The molecule has 0 aromatic heterocycles. The molecule has 2 heteroatoms. The van der Waals surface area contributed by atoms with Crippen LogP contribution in [-0.4, -0.2) is 19.3 Å². The summed E-state index contributed by atoms with van der Waals surface area (Å²) in [4.78, 5) is 0. The Kier molecular flexibility index (Phi) is 5.53. The molecule has 18 heavy (non-hydrogen) atoms. The zero-order chi connectivity index (χ0) is 12.6. The molecule has 0 bridgehead atoms. The number of aryl methyl sites for hydroxylation is 1. The molecular weight excluding hydrogens is 222 g/mol. The van der Waals surface area contributed by atoms with Crippen LogP contribution < -0.4 is 5.32 Å². The minimum atomic E-state index is 0.527. The molecule has 1 aromatic rings. The van der Waals surface area contributed by atoms with Crippen molar-refractivity contribution in [1.82, 2.24) is 0 Å². The summed E-state index contributed by atoms with van der Waals surface area (Å²) >= 11 is 0. The van der Waals surface area contributed by atoms with E-state index in [-0.39, 0.29) is 0 Å². The van der Waals surface area contributed by atoms with Gasteiger partial charge in [0.25, 0.3) is 0 Å². The third kappa shape index (κ3) is 4.34. The van der Waals surface area contributed by atoms with Crippen molar-refractivity contribution < 1.29 is 4.74 Å². The van der Waals surface area contributed by atoms with Crippen LogP contribution in [0.2, 0.25) is 0 Å². The summed E-state index contributed by atoms with van der Waals surface area (Å²) in [5.41, 5.74) is 2.67. The first-order chi connectivity index (χ1) is 8.88. The number of rotatable bonds is 7. The molecule has 1 saturated heterocycles. The number of benzene rings is 1. The molecule has 0 aliphatic carbocycles. The van der Waals surface area contributed by atoms with E-state index in [0.717, 1.165) is 13.2 Å². The number of hydrogen-bond donors (Lipinski definition) is 1. The lowest BCUT2D eigenvalue weighted by Crippen LogP contribution is -2.09. The second-order valence-corrected chi connectivity index (χ2v) is 5.15. The van der Waals surface area contributed by atoms with Crippen LogP contribution >= 0.6 is 0 Å². The van der Waals surface area contributed by atoms with E-state index in [2.05, 4.69) is 36.5 Å². The highest BCUT2D eigenvalue weighted by atomic mass is 16.5. The Hall–Kier alpha value is -1.02. The highest BCUT2D eigenvalue weighted by molar-refractivity contribution is 5.44.